The second-order valence-electron chi connectivity index (χ2n) is 3.65. The molecule has 1 aliphatic rings. The minimum atomic E-state index is 0.339. The molecule has 0 saturated carbocycles. The molecule has 12 heavy (non-hydrogen) atoms. The predicted octanol–water partition coefficient (Wildman–Crippen LogP) is 0.0395. The number of unbranched alkanes of at least 4 members (excludes halogenated alkanes) is 2. The number of nitrogens with zero attached hydrogens (tertiary/aromatic N) is 1. The zero-order valence-electron chi connectivity index (χ0n) is 7.71. The summed E-state index contributed by atoms with van der Waals surface area (Å²) in [5, 5.41) is 8.55. The Kier molecular flexibility index (Phi) is 4.58. The van der Waals surface area contributed by atoms with E-state index in [0.717, 1.165) is 25.3 Å². The third-order valence-electron chi connectivity index (χ3n) is 2.50. The van der Waals surface area contributed by atoms with Gasteiger partial charge in [0.2, 0.25) is 0 Å². The van der Waals surface area contributed by atoms with Crippen LogP contribution < -0.4 is 5.73 Å². The molecule has 0 aromatic heterocycles. The molecular weight excluding hydrogens is 152 g/mol. The normalized spacial score (nSPS) is 19.5. The standard InChI is InChI=1S/C9H20N2O/c10-6-9-7-11(8-9)4-2-1-3-5-12/h9,12H,1-8,10H2. The first-order valence-electron chi connectivity index (χ1n) is 4.90. The largest absolute Gasteiger partial charge is 0.396 e. The van der Waals surface area contributed by atoms with Crippen LogP contribution in [0.2, 0.25) is 0 Å². The maximum Gasteiger partial charge on any atom is 0.0431 e. The Hall–Kier alpha value is -0.120. The average Bonchev–Trinajstić information content (AvgIpc) is 2.01. The molecule has 1 fully saturated rings. The molecule has 3 heteroatoms. The first-order valence-corrected chi connectivity index (χ1v) is 4.90. The number of aliphatic hydroxyl groups is 1. The highest BCUT2D eigenvalue weighted by Crippen LogP contribution is 2.14. The fourth-order valence-corrected chi connectivity index (χ4v) is 1.63. The molecule has 1 rings (SSSR count). The van der Waals surface area contributed by atoms with Crippen molar-refractivity contribution in [3.05, 3.63) is 0 Å². The summed E-state index contributed by atoms with van der Waals surface area (Å²) in [4.78, 5) is 2.44. The highest BCUT2D eigenvalue weighted by molar-refractivity contribution is 4.79. The minimum Gasteiger partial charge on any atom is -0.396 e. The Bertz CT molecular complexity index is 113. The summed E-state index contributed by atoms with van der Waals surface area (Å²) in [6.45, 7) is 4.75. The zero-order chi connectivity index (χ0) is 8.81. The van der Waals surface area contributed by atoms with E-state index in [1.165, 1.54) is 26.1 Å². The smallest absolute Gasteiger partial charge is 0.0431 e. The lowest BCUT2D eigenvalue weighted by Gasteiger charge is -2.38. The van der Waals surface area contributed by atoms with E-state index in [2.05, 4.69) is 4.90 Å². The summed E-state index contributed by atoms with van der Waals surface area (Å²) in [7, 11) is 0. The van der Waals surface area contributed by atoms with Crippen LogP contribution in [0.5, 0.6) is 0 Å². The summed E-state index contributed by atoms with van der Waals surface area (Å²) in [5.41, 5.74) is 5.51. The topological polar surface area (TPSA) is 49.5 Å². The minimum absolute atomic E-state index is 0.339. The summed E-state index contributed by atoms with van der Waals surface area (Å²) in [6, 6.07) is 0. The Labute approximate surface area is 74.5 Å². The van der Waals surface area contributed by atoms with Gasteiger partial charge in [-0.05, 0) is 38.3 Å². The molecule has 72 valence electrons. The van der Waals surface area contributed by atoms with Crippen molar-refractivity contribution in [2.45, 2.75) is 19.3 Å². The lowest BCUT2D eigenvalue weighted by molar-refractivity contribution is 0.103. The number of aliphatic hydroxyl groups excluding tert-OH is 1. The third kappa shape index (κ3) is 3.09. The van der Waals surface area contributed by atoms with Gasteiger partial charge in [0.15, 0.2) is 0 Å². The third-order valence-corrected chi connectivity index (χ3v) is 2.50. The fourth-order valence-electron chi connectivity index (χ4n) is 1.63. The van der Waals surface area contributed by atoms with Crippen LogP contribution >= 0.6 is 0 Å². The van der Waals surface area contributed by atoms with Crippen LogP contribution in [0.4, 0.5) is 0 Å². The molecule has 0 spiro atoms. The Balaban J connectivity index is 1.83. The number of hydrogen-bond acceptors (Lipinski definition) is 3. The molecule has 0 amide bonds. The molecule has 3 N–H and O–H groups in total. The van der Waals surface area contributed by atoms with Gasteiger partial charge in [-0.25, -0.2) is 0 Å². The van der Waals surface area contributed by atoms with Gasteiger partial charge in [-0.2, -0.15) is 0 Å². The molecule has 0 unspecified atom stereocenters. The Morgan fingerprint density at radius 1 is 1.25 bits per heavy atom. The Morgan fingerprint density at radius 2 is 2.00 bits per heavy atom. The van der Waals surface area contributed by atoms with Gasteiger partial charge in [0.05, 0.1) is 0 Å². The molecule has 3 nitrogen and oxygen atoms in total. The van der Waals surface area contributed by atoms with E-state index in [-0.39, 0.29) is 0 Å². The molecule has 0 aliphatic carbocycles. The molecule has 0 atom stereocenters. The molecular formula is C9H20N2O. The van der Waals surface area contributed by atoms with Gasteiger partial charge in [-0.15, -0.1) is 0 Å². The fraction of sp³-hybridized carbons (Fsp3) is 1.00. The number of nitrogens with two attached hydrogens (primary N) is 1. The van der Waals surface area contributed by atoms with Crippen LogP contribution in [0.3, 0.4) is 0 Å². The van der Waals surface area contributed by atoms with Gasteiger partial charge in [-0.3, -0.25) is 0 Å². The molecule has 0 aromatic carbocycles. The second kappa shape index (κ2) is 5.51. The van der Waals surface area contributed by atoms with Gasteiger partial charge in [0.1, 0.15) is 0 Å². The van der Waals surface area contributed by atoms with Crippen LogP contribution in [0.1, 0.15) is 19.3 Å². The van der Waals surface area contributed by atoms with Gasteiger partial charge in [0, 0.05) is 19.7 Å². The van der Waals surface area contributed by atoms with E-state index in [1.54, 1.807) is 0 Å². The van der Waals surface area contributed by atoms with Crippen molar-refractivity contribution in [1.82, 2.24) is 4.90 Å². The van der Waals surface area contributed by atoms with Crippen molar-refractivity contribution < 1.29 is 5.11 Å². The summed E-state index contributed by atoms with van der Waals surface area (Å²) >= 11 is 0. The van der Waals surface area contributed by atoms with Crippen molar-refractivity contribution in [3.8, 4) is 0 Å². The SMILES string of the molecule is NCC1CN(CCCCCO)C1. The van der Waals surface area contributed by atoms with E-state index in [0.29, 0.717) is 6.61 Å². The van der Waals surface area contributed by atoms with Crippen molar-refractivity contribution >= 4 is 0 Å². The summed E-state index contributed by atoms with van der Waals surface area (Å²) in [5.74, 6) is 0.753. The second-order valence-corrected chi connectivity index (χ2v) is 3.65. The predicted molar refractivity (Wildman–Crippen MR) is 49.9 cm³/mol. The maximum atomic E-state index is 8.55. The zero-order valence-corrected chi connectivity index (χ0v) is 7.71. The molecule has 1 saturated heterocycles. The lowest BCUT2D eigenvalue weighted by atomic mass is 10.0. The highest BCUT2D eigenvalue weighted by atomic mass is 16.2. The molecule has 0 radical (unpaired) electrons. The number of hydrogen-bond donors (Lipinski definition) is 2. The first kappa shape index (κ1) is 9.96. The van der Waals surface area contributed by atoms with E-state index in [9.17, 15) is 0 Å². The van der Waals surface area contributed by atoms with Crippen LogP contribution in [0, 0.1) is 5.92 Å². The van der Waals surface area contributed by atoms with Gasteiger partial charge < -0.3 is 15.7 Å². The van der Waals surface area contributed by atoms with E-state index in [4.69, 9.17) is 10.8 Å². The maximum absolute atomic E-state index is 8.55. The van der Waals surface area contributed by atoms with Crippen molar-refractivity contribution in [1.29, 1.82) is 0 Å². The average molecular weight is 172 g/mol. The van der Waals surface area contributed by atoms with Crippen LogP contribution in [0.25, 0.3) is 0 Å². The Morgan fingerprint density at radius 3 is 2.58 bits per heavy atom. The molecule has 0 aromatic rings. The van der Waals surface area contributed by atoms with Gasteiger partial charge in [0.25, 0.3) is 0 Å². The van der Waals surface area contributed by atoms with Gasteiger partial charge >= 0.3 is 0 Å². The highest BCUT2D eigenvalue weighted by Gasteiger charge is 2.23. The molecule has 1 aliphatic heterocycles. The molecule has 0 bridgehead atoms. The lowest BCUT2D eigenvalue weighted by Crippen LogP contribution is -2.49. The quantitative estimate of drug-likeness (QED) is 0.556. The number of likely N-dealkylation sites (tertiary alicyclic amines) is 1. The number of rotatable bonds is 6. The van der Waals surface area contributed by atoms with Crippen LogP contribution in [0.15, 0.2) is 0 Å². The van der Waals surface area contributed by atoms with Crippen LogP contribution in [-0.4, -0.2) is 42.8 Å². The van der Waals surface area contributed by atoms with Crippen molar-refractivity contribution in [2.75, 3.05) is 32.8 Å². The van der Waals surface area contributed by atoms with Crippen LogP contribution in [-0.2, 0) is 0 Å². The molecule has 1 heterocycles. The van der Waals surface area contributed by atoms with Gasteiger partial charge in [-0.1, -0.05) is 0 Å². The van der Waals surface area contributed by atoms with Crippen molar-refractivity contribution in [2.24, 2.45) is 11.7 Å². The van der Waals surface area contributed by atoms with Crippen molar-refractivity contribution in [3.63, 3.8) is 0 Å². The summed E-state index contributed by atoms with van der Waals surface area (Å²) < 4.78 is 0. The monoisotopic (exact) mass is 172 g/mol. The van der Waals surface area contributed by atoms with E-state index < -0.39 is 0 Å². The summed E-state index contributed by atoms with van der Waals surface area (Å²) in [6.07, 6.45) is 3.33. The van der Waals surface area contributed by atoms with E-state index in [1.807, 2.05) is 0 Å². The first-order chi connectivity index (χ1) is 5.86. The van der Waals surface area contributed by atoms with E-state index >= 15 is 0 Å².